The van der Waals surface area contributed by atoms with Gasteiger partial charge in [-0.1, -0.05) is 6.07 Å². The number of benzene rings is 2. The SMILES string of the molecule is CCOCCCNC(=O)c1ccc2ccnc(N3CCN(c4ccc(OC)cc4)CC3)c2c1. The number of hydrogen-bond donors (Lipinski definition) is 1. The molecule has 7 heteroatoms. The van der Waals surface area contributed by atoms with E-state index in [-0.39, 0.29) is 5.91 Å². The smallest absolute Gasteiger partial charge is 0.251 e. The van der Waals surface area contributed by atoms with E-state index < -0.39 is 0 Å². The Bertz CT molecular complexity index is 1060. The van der Waals surface area contributed by atoms with Crippen LogP contribution in [0.3, 0.4) is 0 Å². The summed E-state index contributed by atoms with van der Waals surface area (Å²) in [6.07, 6.45) is 2.65. The van der Waals surface area contributed by atoms with E-state index in [4.69, 9.17) is 9.47 Å². The number of piperazine rings is 1. The van der Waals surface area contributed by atoms with Gasteiger partial charge in [0.05, 0.1) is 7.11 Å². The lowest BCUT2D eigenvalue weighted by Crippen LogP contribution is -2.46. The summed E-state index contributed by atoms with van der Waals surface area (Å²) in [4.78, 5) is 22.0. The molecule has 0 aliphatic carbocycles. The first-order chi connectivity index (χ1) is 16.2. The van der Waals surface area contributed by atoms with E-state index in [0.717, 1.165) is 54.9 Å². The third kappa shape index (κ3) is 5.54. The van der Waals surface area contributed by atoms with Gasteiger partial charge in [0.25, 0.3) is 5.91 Å². The maximum absolute atomic E-state index is 12.7. The number of pyridine rings is 1. The maximum Gasteiger partial charge on any atom is 0.251 e. The zero-order valence-electron chi connectivity index (χ0n) is 19.4. The van der Waals surface area contributed by atoms with E-state index >= 15 is 0 Å². The van der Waals surface area contributed by atoms with Crippen LogP contribution >= 0.6 is 0 Å². The summed E-state index contributed by atoms with van der Waals surface area (Å²) in [5.41, 5.74) is 1.86. The zero-order chi connectivity index (χ0) is 23.0. The van der Waals surface area contributed by atoms with Crippen LogP contribution in [0.4, 0.5) is 11.5 Å². The highest BCUT2D eigenvalue weighted by Crippen LogP contribution is 2.28. The van der Waals surface area contributed by atoms with Gasteiger partial charge in [-0.25, -0.2) is 4.98 Å². The lowest BCUT2D eigenvalue weighted by molar-refractivity contribution is 0.0944. The molecule has 4 rings (SSSR count). The predicted octanol–water partition coefficient (Wildman–Crippen LogP) is 3.73. The number of hydrogen-bond acceptors (Lipinski definition) is 6. The minimum absolute atomic E-state index is 0.0625. The topological polar surface area (TPSA) is 66.9 Å². The minimum Gasteiger partial charge on any atom is -0.497 e. The Morgan fingerprint density at radius 1 is 1.03 bits per heavy atom. The summed E-state index contributed by atoms with van der Waals surface area (Å²) in [5, 5.41) is 5.08. The fourth-order valence-electron chi connectivity index (χ4n) is 4.14. The second kappa shape index (κ2) is 11.0. The molecule has 0 atom stereocenters. The number of amides is 1. The van der Waals surface area contributed by atoms with E-state index in [2.05, 4.69) is 32.2 Å². The molecule has 1 saturated heterocycles. The van der Waals surface area contributed by atoms with Gasteiger partial charge in [-0.2, -0.15) is 0 Å². The molecule has 1 N–H and O–H groups in total. The van der Waals surface area contributed by atoms with Crippen molar-refractivity contribution in [1.29, 1.82) is 0 Å². The predicted molar refractivity (Wildman–Crippen MR) is 133 cm³/mol. The normalized spacial score (nSPS) is 13.9. The number of fused-ring (bicyclic) bond motifs is 1. The van der Waals surface area contributed by atoms with Gasteiger partial charge >= 0.3 is 0 Å². The molecule has 1 aromatic heterocycles. The van der Waals surface area contributed by atoms with Gasteiger partial charge in [0, 0.05) is 68.8 Å². The first-order valence-electron chi connectivity index (χ1n) is 11.6. The molecule has 1 aliphatic heterocycles. The molecule has 0 radical (unpaired) electrons. The molecule has 174 valence electrons. The molecule has 1 aliphatic rings. The Balaban J connectivity index is 1.44. The Kier molecular flexibility index (Phi) is 7.62. The first-order valence-corrected chi connectivity index (χ1v) is 11.6. The summed E-state index contributed by atoms with van der Waals surface area (Å²) < 4.78 is 10.6. The highest BCUT2D eigenvalue weighted by Gasteiger charge is 2.20. The van der Waals surface area contributed by atoms with Crippen LogP contribution in [-0.2, 0) is 4.74 Å². The molecule has 2 heterocycles. The molecule has 3 aromatic rings. The van der Waals surface area contributed by atoms with Gasteiger partial charge in [-0.05, 0) is 61.2 Å². The number of rotatable bonds is 9. The van der Waals surface area contributed by atoms with E-state index in [1.54, 1.807) is 7.11 Å². The average Bonchev–Trinajstić information content (AvgIpc) is 2.88. The van der Waals surface area contributed by atoms with Gasteiger partial charge in [0.1, 0.15) is 11.6 Å². The monoisotopic (exact) mass is 448 g/mol. The van der Waals surface area contributed by atoms with Crippen molar-refractivity contribution >= 4 is 28.2 Å². The van der Waals surface area contributed by atoms with Crippen molar-refractivity contribution in [2.24, 2.45) is 0 Å². The Morgan fingerprint density at radius 2 is 1.79 bits per heavy atom. The molecule has 2 aromatic carbocycles. The van der Waals surface area contributed by atoms with Crippen molar-refractivity contribution in [3.05, 3.63) is 60.3 Å². The third-order valence-electron chi connectivity index (χ3n) is 5.98. The summed E-state index contributed by atoms with van der Waals surface area (Å²) in [6.45, 7) is 7.48. The van der Waals surface area contributed by atoms with Crippen LogP contribution in [0.2, 0.25) is 0 Å². The molecule has 33 heavy (non-hydrogen) atoms. The van der Waals surface area contributed by atoms with Crippen LogP contribution in [-0.4, -0.2) is 63.9 Å². The van der Waals surface area contributed by atoms with Gasteiger partial charge in [0.2, 0.25) is 0 Å². The van der Waals surface area contributed by atoms with Crippen LogP contribution in [0.25, 0.3) is 10.8 Å². The van der Waals surface area contributed by atoms with Gasteiger partial charge in [-0.15, -0.1) is 0 Å². The van der Waals surface area contributed by atoms with Gasteiger partial charge in [0.15, 0.2) is 0 Å². The minimum atomic E-state index is -0.0625. The quantitative estimate of drug-likeness (QED) is 0.503. The Labute approximate surface area is 195 Å². The van der Waals surface area contributed by atoms with Crippen LogP contribution < -0.4 is 19.9 Å². The van der Waals surface area contributed by atoms with E-state index in [1.807, 2.05) is 49.5 Å². The highest BCUT2D eigenvalue weighted by atomic mass is 16.5. The number of nitrogens with zero attached hydrogens (tertiary/aromatic N) is 3. The molecular formula is C26H32N4O3. The van der Waals surface area contributed by atoms with Crippen molar-refractivity contribution in [2.75, 3.05) is 62.8 Å². The molecule has 0 unspecified atom stereocenters. The van der Waals surface area contributed by atoms with Crippen LogP contribution in [0.5, 0.6) is 5.75 Å². The molecule has 1 amide bonds. The number of aromatic nitrogens is 1. The van der Waals surface area contributed by atoms with E-state index in [1.165, 1.54) is 5.69 Å². The van der Waals surface area contributed by atoms with Crippen molar-refractivity contribution in [3.63, 3.8) is 0 Å². The van der Waals surface area contributed by atoms with Crippen LogP contribution in [0.15, 0.2) is 54.7 Å². The Hall–Kier alpha value is -3.32. The first kappa shape index (κ1) is 22.9. The molecule has 1 fully saturated rings. The second-order valence-corrected chi connectivity index (χ2v) is 8.05. The number of carbonyl (C=O) groups excluding carboxylic acids is 1. The number of anilines is 2. The van der Waals surface area contributed by atoms with Crippen molar-refractivity contribution in [1.82, 2.24) is 10.3 Å². The van der Waals surface area contributed by atoms with Crippen LogP contribution in [0, 0.1) is 0 Å². The number of carbonyl (C=O) groups is 1. The van der Waals surface area contributed by atoms with Crippen molar-refractivity contribution in [3.8, 4) is 5.75 Å². The summed E-state index contributed by atoms with van der Waals surface area (Å²) in [5.74, 6) is 1.74. The van der Waals surface area contributed by atoms with Gasteiger partial charge < -0.3 is 24.6 Å². The van der Waals surface area contributed by atoms with Gasteiger partial charge in [-0.3, -0.25) is 4.79 Å². The number of nitrogens with one attached hydrogen (secondary N) is 1. The fraction of sp³-hybridized carbons (Fsp3) is 0.385. The molecule has 0 spiro atoms. The molecule has 7 nitrogen and oxygen atoms in total. The number of ether oxygens (including phenoxy) is 2. The zero-order valence-corrected chi connectivity index (χ0v) is 19.4. The fourth-order valence-corrected chi connectivity index (χ4v) is 4.14. The summed E-state index contributed by atoms with van der Waals surface area (Å²) >= 11 is 0. The van der Waals surface area contributed by atoms with Crippen LogP contribution in [0.1, 0.15) is 23.7 Å². The molecular weight excluding hydrogens is 416 g/mol. The third-order valence-corrected chi connectivity index (χ3v) is 5.98. The number of methoxy groups -OCH3 is 1. The average molecular weight is 449 g/mol. The van der Waals surface area contributed by atoms with Crippen molar-refractivity contribution < 1.29 is 14.3 Å². The largest absolute Gasteiger partial charge is 0.497 e. The lowest BCUT2D eigenvalue weighted by Gasteiger charge is -2.37. The second-order valence-electron chi connectivity index (χ2n) is 8.05. The summed E-state index contributed by atoms with van der Waals surface area (Å²) in [7, 11) is 1.68. The van der Waals surface area contributed by atoms with Crippen molar-refractivity contribution in [2.45, 2.75) is 13.3 Å². The maximum atomic E-state index is 12.7. The lowest BCUT2D eigenvalue weighted by atomic mass is 10.1. The molecule has 0 bridgehead atoms. The highest BCUT2D eigenvalue weighted by molar-refractivity contribution is 6.01. The van der Waals surface area contributed by atoms with E-state index in [9.17, 15) is 4.79 Å². The Morgan fingerprint density at radius 3 is 2.52 bits per heavy atom. The summed E-state index contributed by atoms with van der Waals surface area (Å²) in [6, 6.07) is 16.0. The molecule has 0 saturated carbocycles. The van der Waals surface area contributed by atoms with E-state index in [0.29, 0.717) is 25.3 Å². The standard InChI is InChI=1S/C26H32N4O3/c1-3-33-18-4-12-28-26(31)21-6-5-20-11-13-27-25(24(20)19-21)30-16-14-29(15-17-30)22-7-9-23(32-2)10-8-22/h5-11,13,19H,3-4,12,14-18H2,1-2H3,(H,28,31).